The van der Waals surface area contributed by atoms with Crippen LogP contribution < -0.4 is 10.5 Å². The van der Waals surface area contributed by atoms with Crippen LogP contribution in [0.1, 0.15) is 10.7 Å². The minimum Gasteiger partial charge on any atom is -0.368 e. The second kappa shape index (κ2) is 5.05. The zero-order chi connectivity index (χ0) is 14.1. The van der Waals surface area contributed by atoms with Gasteiger partial charge in [0.05, 0.1) is 6.54 Å². The van der Waals surface area contributed by atoms with Crippen LogP contribution in [0.2, 0.25) is 0 Å². The zero-order valence-electron chi connectivity index (χ0n) is 11.3. The largest absolute Gasteiger partial charge is 0.368 e. The van der Waals surface area contributed by atoms with Crippen molar-refractivity contribution in [1.29, 1.82) is 0 Å². The van der Waals surface area contributed by atoms with Crippen LogP contribution in [-0.4, -0.2) is 21.6 Å². The van der Waals surface area contributed by atoms with E-state index in [9.17, 15) is 4.79 Å². The summed E-state index contributed by atoms with van der Waals surface area (Å²) in [5.74, 6) is 0. The lowest BCUT2D eigenvalue weighted by molar-refractivity contribution is 0.821. The van der Waals surface area contributed by atoms with Gasteiger partial charge in [-0.2, -0.15) is 9.61 Å². The molecule has 5 nitrogen and oxygen atoms in total. The fraction of sp³-hybridized carbons (Fsp3) is 0.214. The quantitative estimate of drug-likeness (QED) is 0.740. The number of anilines is 1. The summed E-state index contributed by atoms with van der Waals surface area (Å²) in [6.07, 6.45) is 0. The van der Waals surface area contributed by atoms with Crippen molar-refractivity contribution >= 4 is 22.0 Å². The van der Waals surface area contributed by atoms with Gasteiger partial charge in [-0.25, -0.2) is 4.98 Å². The van der Waals surface area contributed by atoms with Gasteiger partial charge in [-0.05, 0) is 19.1 Å². The average molecular weight is 286 g/mol. The second-order valence-corrected chi connectivity index (χ2v) is 5.66. The maximum Gasteiger partial charge on any atom is 0.275 e. The molecule has 0 bridgehead atoms. The van der Waals surface area contributed by atoms with Crippen molar-refractivity contribution in [3.8, 4) is 0 Å². The monoisotopic (exact) mass is 286 g/mol. The van der Waals surface area contributed by atoms with Crippen molar-refractivity contribution in [1.82, 2.24) is 14.6 Å². The average Bonchev–Trinajstić information content (AvgIpc) is 2.82. The maximum absolute atomic E-state index is 11.8. The summed E-state index contributed by atoms with van der Waals surface area (Å²) in [6, 6.07) is 11.6. The van der Waals surface area contributed by atoms with E-state index < -0.39 is 0 Å². The van der Waals surface area contributed by atoms with Gasteiger partial charge in [0.1, 0.15) is 5.01 Å². The lowest BCUT2D eigenvalue weighted by atomic mass is 10.3. The van der Waals surface area contributed by atoms with Crippen molar-refractivity contribution in [3.63, 3.8) is 0 Å². The summed E-state index contributed by atoms with van der Waals surface area (Å²) < 4.78 is 1.37. The molecule has 1 aromatic carbocycles. The Balaban J connectivity index is 1.92. The molecule has 0 unspecified atom stereocenters. The molecular weight excluding hydrogens is 272 g/mol. The number of hydrogen-bond donors (Lipinski definition) is 0. The minimum atomic E-state index is -0.127. The van der Waals surface area contributed by atoms with Crippen LogP contribution in [-0.2, 0) is 6.54 Å². The van der Waals surface area contributed by atoms with Gasteiger partial charge in [0.2, 0.25) is 4.96 Å². The molecule has 6 heteroatoms. The van der Waals surface area contributed by atoms with Crippen LogP contribution in [0.15, 0.2) is 41.2 Å². The standard InChI is InChI=1S/C14H14N4OS/c1-10-8-13(19)18-14(15-10)20-12(16-18)9-17(2)11-6-4-3-5-7-11/h3-8H,9H2,1-2H3. The Hall–Kier alpha value is -2.21. The highest BCUT2D eigenvalue weighted by atomic mass is 32.1. The van der Waals surface area contributed by atoms with Gasteiger partial charge in [-0.1, -0.05) is 29.5 Å². The van der Waals surface area contributed by atoms with Crippen molar-refractivity contribution < 1.29 is 0 Å². The molecule has 2 aromatic heterocycles. The van der Waals surface area contributed by atoms with Gasteiger partial charge in [0, 0.05) is 24.5 Å². The van der Waals surface area contributed by atoms with Gasteiger partial charge < -0.3 is 4.90 Å². The third-order valence-corrected chi connectivity index (χ3v) is 3.88. The molecule has 20 heavy (non-hydrogen) atoms. The normalized spacial score (nSPS) is 10.9. The third-order valence-electron chi connectivity index (χ3n) is 2.98. The topological polar surface area (TPSA) is 50.5 Å². The van der Waals surface area contributed by atoms with E-state index in [2.05, 4.69) is 15.0 Å². The fourth-order valence-corrected chi connectivity index (χ4v) is 3.00. The summed E-state index contributed by atoms with van der Waals surface area (Å²) in [6.45, 7) is 2.47. The van der Waals surface area contributed by atoms with Crippen LogP contribution >= 0.6 is 11.3 Å². The number of nitrogens with zero attached hydrogens (tertiary/aromatic N) is 4. The van der Waals surface area contributed by atoms with Crippen molar-refractivity contribution in [2.45, 2.75) is 13.5 Å². The Morgan fingerprint density at radius 1 is 1.30 bits per heavy atom. The Bertz CT molecular complexity index is 794. The molecule has 0 aliphatic rings. The predicted molar refractivity (Wildman–Crippen MR) is 80.4 cm³/mol. The summed E-state index contributed by atoms with van der Waals surface area (Å²) in [5.41, 5.74) is 1.71. The molecule has 0 N–H and O–H groups in total. The van der Waals surface area contributed by atoms with Gasteiger partial charge in [-0.15, -0.1) is 0 Å². The molecule has 0 aliphatic carbocycles. The Morgan fingerprint density at radius 2 is 2.05 bits per heavy atom. The Labute approximate surface area is 120 Å². The molecule has 0 atom stereocenters. The lowest BCUT2D eigenvalue weighted by Gasteiger charge is -2.16. The number of hydrogen-bond acceptors (Lipinski definition) is 5. The van der Waals surface area contributed by atoms with Crippen LogP contribution in [0.25, 0.3) is 4.96 Å². The zero-order valence-corrected chi connectivity index (χ0v) is 12.1. The number of rotatable bonds is 3. The van der Waals surface area contributed by atoms with Gasteiger partial charge >= 0.3 is 0 Å². The molecule has 0 radical (unpaired) electrons. The highest BCUT2D eigenvalue weighted by molar-refractivity contribution is 7.16. The first-order valence-corrected chi connectivity index (χ1v) is 7.08. The van der Waals surface area contributed by atoms with E-state index in [1.165, 1.54) is 21.9 Å². The minimum absolute atomic E-state index is 0.127. The summed E-state index contributed by atoms with van der Waals surface area (Å²) >= 11 is 1.45. The van der Waals surface area contributed by atoms with Crippen LogP contribution in [0, 0.1) is 6.92 Å². The molecule has 2 heterocycles. The molecule has 3 aromatic rings. The fourth-order valence-electron chi connectivity index (χ4n) is 2.00. The van der Waals surface area contributed by atoms with Crippen LogP contribution in [0.3, 0.4) is 0 Å². The summed E-state index contributed by atoms with van der Waals surface area (Å²) in [7, 11) is 2.00. The molecular formula is C14H14N4OS. The first kappa shape index (κ1) is 12.8. The van der Waals surface area contributed by atoms with Crippen molar-refractivity contribution in [3.05, 3.63) is 57.5 Å². The number of para-hydroxylation sites is 1. The van der Waals surface area contributed by atoms with E-state index >= 15 is 0 Å². The first-order valence-electron chi connectivity index (χ1n) is 6.26. The number of benzene rings is 1. The molecule has 0 saturated heterocycles. The summed E-state index contributed by atoms with van der Waals surface area (Å²) in [4.78, 5) is 18.9. The summed E-state index contributed by atoms with van der Waals surface area (Å²) in [5, 5.41) is 5.20. The molecule has 0 spiro atoms. The van der Waals surface area contributed by atoms with E-state index in [0.29, 0.717) is 11.5 Å². The highest BCUT2D eigenvalue weighted by Crippen LogP contribution is 2.17. The molecule has 102 valence electrons. The number of aryl methyl sites for hydroxylation is 1. The molecule has 0 aliphatic heterocycles. The van der Waals surface area contributed by atoms with Gasteiger partial charge in [0.15, 0.2) is 0 Å². The number of aromatic nitrogens is 3. The van der Waals surface area contributed by atoms with Crippen molar-refractivity contribution in [2.75, 3.05) is 11.9 Å². The SMILES string of the molecule is Cc1cc(=O)n2nc(CN(C)c3ccccc3)sc2n1. The van der Waals surface area contributed by atoms with Crippen LogP contribution in [0.4, 0.5) is 5.69 Å². The van der Waals surface area contributed by atoms with Gasteiger partial charge in [-0.3, -0.25) is 4.79 Å². The van der Waals surface area contributed by atoms with E-state index in [1.54, 1.807) is 0 Å². The van der Waals surface area contributed by atoms with E-state index in [0.717, 1.165) is 16.4 Å². The maximum atomic E-state index is 11.8. The smallest absolute Gasteiger partial charge is 0.275 e. The molecule has 0 amide bonds. The second-order valence-electron chi connectivity index (χ2n) is 4.62. The van der Waals surface area contributed by atoms with Crippen molar-refractivity contribution in [2.24, 2.45) is 0 Å². The van der Waals surface area contributed by atoms with E-state index in [4.69, 9.17) is 0 Å². The highest BCUT2D eigenvalue weighted by Gasteiger charge is 2.10. The molecule has 0 fully saturated rings. The van der Waals surface area contributed by atoms with Crippen LogP contribution in [0.5, 0.6) is 0 Å². The predicted octanol–water partition coefficient (Wildman–Crippen LogP) is 2.10. The van der Waals surface area contributed by atoms with Gasteiger partial charge in [0.25, 0.3) is 5.56 Å². The lowest BCUT2D eigenvalue weighted by Crippen LogP contribution is -2.18. The van der Waals surface area contributed by atoms with E-state index in [-0.39, 0.29) is 5.56 Å². The molecule has 3 rings (SSSR count). The Kier molecular flexibility index (Phi) is 3.23. The first-order chi connectivity index (χ1) is 9.63. The van der Waals surface area contributed by atoms with E-state index in [1.807, 2.05) is 44.3 Å². The third kappa shape index (κ3) is 2.42. The molecule has 0 saturated carbocycles. The Morgan fingerprint density at radius 3 is 2.80 bits per heavy atom. The number of fused-ring (bicyclic) bond motifs is 1.